The van der Waals surface area contributed by atoms with Gasteiger partial charge in [0, 0.05) is 6.04 Å². The average molecular weight is 181 g/mol. The summed E-state index contributed by atoms with van der Waals surface area (Å²) in [6, 6.07) is 0.852. The van der Waals surface area contributed by atoms with Crippen LogP contribution in [0.2, 0.25) is 0 Å². The molecule has 0 heterocycles. The molecule has 0 radical (unpaired) electrons. The molecule has 0 aromatic rings. The van der Waals surface area contributed by atoms with Crippen LogP contribution in [0.25, 0.3) is 0 Å². The minimum atomic E-state index is 0.852. The highest BCUT2D eigenvalue weighted by molar-refractivity contribution is 4.79. The Bertz CT molecular complexity index is 151. The zero-order valence-corrected chi connectivity index (χ0v) is 8.89. The van der Waals surface area contributed by atoms with Gasteiger partial charge in [-0.15, -0.1) is 0 Å². The fourth-order valence-corrected chi connectivity index (χ4v) is 2.35. The van der Waals surface area contributed by atoms with Crippen LogP contribution in [-0.4, -0.2) is 12.6 Å². The second-order valence-electron chi connectivity index (χ2n) is 5.16. The molecule has 2 fully saturated rings. The maximum atomic E-state index is 3.74. The van der Waals surface area contributed by atoms with Crippen LogP contribution >= 0.6 is 0 Å². The zero-order valence-electron chi connectivity index (χ0n) is 8.89. The molecule has 13 heavy (non-hydrogen) atoms. The van der Waals surface area contributed by atoms with Crippen molar-refractivity contribution in [1.82, 2.24) is 5.32 Å². The van der Waals surface area contributed by atoms with Gasteiger partial charge >= 0.3 is 0 Å². The fourth-order valence-electron chi connectivity index (χ4n) is 2.35. The molecule has 1 N–H and O–H groups in total. The van der Waals surface area contributed by atoms with Gasteiger partial charge in [-0.3, -0.25) is 0 Å². The topological polar surface area (TPSA) is 12.0 Å². The van der Waals surface area contributed by atoms with E-state index < -0.39 is 0 Å². The van der Waals surface area contributed by atoms with Crippen molar-refractivity contribution in [3.8, 4) is 0 Å². The molecule has 1 nitrogen and oxygen atoms in total. The molecule has 2 aliphatic carbocycles. The van der Waals surface area contributed by atoms with Gasteiger partial charge in [0.15, 0.2) is 0 Å². The van der Waals surface area contributed by atoms with Crippen LogP contribution in [0.5, 0.6) is 0 Å². The first-order valence-corrected chi connectivity index (χ1v) is 6.08. The van der Waals surface area contributed by atoms with E-state index >= 15 is 0 Å². The van der Waals surface area contributed by atoms with E-state index in [4.69, 9.17) is 0 Å². The van der Waals surface area contributed by atoms with E-state index in [1.165, 1.54) is 51.5 Å². The van der Waals surface area contributed by atoms with E-state index in [-0.39, 0.29) is 0 Å². The largest absolute Gasteiger partial charge is 0.314 e. The maximum absolute atomic E-state index is 3.74. The summed E-state index contributed by atoms with van der Waals surface area (Å²) in [6.07, 6.45) is 10.2. The molecule has 2 rings (SSSR count). The number of nitrogens with one attached hydrogen (secondary N) is 1. The fraction of sp³-hybridized carbons (Fsp3) is 1.00. The van der Waals surface area contributed by atoms with Crippen molar-refractivity contribution in [1.29, 1.82) is 0 Å². The lowest BCUT2D eigenvalue weighted by atomic mass is 10.0. The van der Waals surface area contributed by atoms with Gasteiger partial charge in [0.2, 0.25) is 0 Å². The molecule has 76 valence electrons. The molecule has 0 aromatic carbocycles. The summed E-state index contributed by atoms with van der Waals surface area (Å²) in [5.74, 6) is 2.02. The minimum Gasteiger partial charge on any atom is -0.314 e. The van der Waals surface area contributed by atoms with Gasteiger partial charge in [0.1, 0.15) is 0 Å². The lowest BCUT2D eigenvalue weighted by Crippen LogP contribution is -2.30. The highest BCUT2D eigenvalue weighted by Gasteiger charge is 2.23. The van der Waals surface area contributed by atoms with Gasteiger partial charge in [-0.05, 0) is 50.5 Å². The monoisotopic (exact) mass is 181 g/mol. The lowest BCUT2D eigenvalue weighted by Gasteiger charge is -2.15. The Hall–Kier alpha value is -0.0400. The molecule has 0 aliphatic heterocycles. The van der Waals surface area contributed by atoms with Crippen molar-refractivity contribution in [2.75, 3.05) is 6.54 Å². The molecule has 0 amide bonds. The Morgan fingerprint density at radius 2 is 1.85 bits per heavy atom. The summed E-state index contributed by atoms with van der Waals surface area (Å²) in [5, 5.41) is 3.74. The van der Waals surface area contributed by atoms with E-state index in [9.17, 15) is 0 Å². The molecular formula is C12H23N. The molecule has 2 unspecified atom stereocenters. The predicted molar refractivity (Wildman–Crippen MR) is 56.8 cm³/mol. The van der Waals surface area contributed by atoms with Crippen LogP contribution in [-0.2, 0) is 0 Å². The van der Waals surface area contributed by atoms with Crippen molar-refractivity contribution < 1.29 is 0 Å². The molecular weight excluding hydrogens is 158 g/mol. The quantitative estimate of drug-likeness (QED) is 0.660. The van der Waals surface area contributed by atoms with E-state index in [1.807, 2.05) is 0 Å². The summed E-state index contributed by atoms with van der Waals surface area (Å²) in [4.78, 5) is 0. The normalized spacial score (nSPS) is 35.8. The van der Waals surface area contributed by atoms with Crippen molar-refractivity contribution in [2.24, 2.45) is 11.8 Å². The molecule has 2 atom stereocenters. The third-order valence-corrected chi connectivity index (χ3v) is 3.65. The second-order valence-corrected chi connectivity index (χ2v) is 5.16. The summed E-state index contributed by atoms with van der Waals surface area (Å²) in [7, 11) is 0. The molecule has 0 aromatic heterocycles. The summed E-state index contributed by atoms with van der Waals surface area (Å²) >= 11 is 0. The average Bonchev–Trinajstić information content (AvgIpc) is 2.90. The summed E-state index contributed by atoms with van der Waals surface area (Å²) in [5.41, 5.74) is 0. The van der Waals surface area contributed by atoms with Crippen LogP contribution in [0.3, 0.4) is 0 Å². The van der Waals surface area contributed by atoms with E-state index in [1.54, 1.807) is 0 Å². The van der Waals surface area contributed by atoms with E-state index in [0.29, 0.717) is 0 Å². The van der Waals surface area contributed by atoms with Gasteiger partial charge in [-0.25, -0.2) is 0 Å². The van der Waals surface area contributed by atoms with Gasteiger partial charge in [0.25, 0.3) is 0 Å². The van der Waals surface area contributed by atoms with E-state index in [2.05, 4.69) is 12.2 Å². The van der Waals surface area contributed by atoms with Crippen LogP contribution in [0.15, 0.2) is 0 Å². The smallest absolute Gasteiger partial charge is 0.00672 e. The first kappa shape index (κ1) is 9.51. The maximum Gasteiger partial charge on any atom is 0.00672 e. The Balaban J connectivity index is 1.65. The Labute approximate surface area is 82.3 Å². The first-order valence-electron chi connectivity index (χ1n) is 6.08. The van der Waals surface area contributed by atoms with Gasteiger partial charge in [0.05, 0.1) is 0 Å². The van der Waals surface area contributed by atoms with Crippen molar-refractivity contribution in [2.45, 2.75) is 57.9 Å². The highest BCUT2D eigenvalue weighted by Crippen LogP contribution is 2.29. The first-order chi connectivity index (χ1) is 6.34. The molecule has 1 heteroatoms. The highest BCUT2D eigenvalue weighted by atomic mass is 14.9. The summed E-state index contributed by atoms with van der Waals surface area (Å²) in [6.45, 7) is 3.71. The Morgan fingerprint density at radius 1 is 1.00 bits per heavy atom. The van der Waals surface area contributed by atoms with Crippen molar-refractivity contribution >= 4 is 0 Å². The third-order valence-electron chi connectivity index (χ3n) is 3.65. The molecule has 2 saturated carbocycles. The number of hydrogen-bond donors (Lipinski definition) is 1. The number of rotatable bonds is 3. The number of hydrogen-bond acceptors (Lipinski definition) is 1. The van der Waals surface area contributed by atoms with Crippen molar-refractivity contribution in [3.05, 3.63) is 0 Å². The van der Waals surface area contributed by atoms with Gasteiger partial charge < -0.3 is 5.32 Å². The molecule has 2 aliphatic rings. The van der Waals surface area contributed by atoms with Crippen molar-refractivity contribution in [3.63, 3.8) is 0 Å². The Morgan fingerprint density at radius 3 is 2.62 bits per heavy atom. The predicted octanol–water partition coefficient (Wildman–Crippen LogP) is 2.95. The minimum absolute atomic E-state index is 0.852. The van der Waals surface area contributed by atoms with Crippen LogP contribution < -0.4 is 5.32 Å². The molecule has 0 saturated heterocycles. The van der Waals surface area contributed by atoms with Crippen LogP contribution in [0, 0.1) is 11.8 Å². The third kappa shape index (κ3) is 3.30. The molecule has 0 bridgehead atoms. The van der Waals surface area contributed by atoms with Gasteiger partial charge in [-0.1, -0.05) is 19.8 Å². The van der Waals surface area contributed by atoms with Crippen LogP contribution in [0.1, 0.15) is 51.9 Å². The lowest BCUT2D eigenvalue weighted by molar-refractivity contribution is 0.440. The zero-order chi connectivity index (χ0) is 9.10. The summed E-state index contributed by atoms with van der Waals surface area (Å²) < 4.78 is 0. The second kappa shape index (κ2) is 4.45. The Kier molecular flexibility index (Phi) is 3.26. The standard InChI is InChI=1S/C12H23N/c1-10-3-2-4-12(8-5-10)13-9-11-6-7-11/h10-13H,2-9H2,1H3. The SMILES string of the molecule is CC1CCCC(NCC2CC2)CC1. The van der Waals surface area contributed by atoms with Gasteiger partial charge in [-0.2, -0.15) is 0 Å². The van der Waals surface area contributed by atoms with Crippen LogP contribution in [0.4, 0.5) is 0 Å². The molecule has 0 spiro atoms. The van der Waals surface area contributed by atoms with E-state index in [0.717, 1.165) is 17.9 Å².